The van der Waals surface area contributed by atoms with Crippen LogP contribution in [0.2, 0.25) is 0 Å². The molecule has 0 aromatic heterocycles. The monoisotopic (exact) mass is 296 g/mol. The van der Waals surface area contributed by atoms with Crippen molar-refractivity contribution in [1.29, 1.82) is 0 Å². The van der Waals surface area contributed by atoms with Crippen molar-refractivity contribution in [2.45, 2.75) is 45.2 Å². The first-order chi connectivity index (χ1) is 8.13. The molecule has 2 nitrogen and oxygen atoms in total. The molecule has 0 radical (unpaired) electrons. The van der Waals surface area contributed by atoms with Gasteiger partial charge < -0.3 is 10.6 Å². The van der Waals surface area contributed by atoms with Gasteiger partial charge in [0.1, 0.15) is 0 Å². The fraction of sp³-hybridized carbons (Fsp3) is 0.571. The molecule has 1 atom stereocenters. The van der Waals surface area contributed by atoms with Crippen LogP contribution in [-0.2, 0) is 0 Å². The average Bonchev–Trinajstić information content (AvgIpc) is 3.09. The zero-order valence-corrected chi connectivity index (χ0v) is 12.2. The van der Waals surface area contributed by atoms with Gasteiger partial charge in [0.05, 0.1) is 0 Å². The van der Waals surface area contributed by atoms with Gasteiger partial charge in [-0.15, -0.1) is 0 Å². The van der Waals surface area contributed by atoms with E-state index in [0.717, 1.165) is 17.1 Å². The summed E-state index contributed by atoms with van der Waals surface area (Å²) in [5.41, 5.74) is 8.43. The number of hydrogen-bond donors (Lipinski definition) is 1. The van der Waals surface area contributed by atoms with Crippen LogP contribution >= 0.6 is 15.9 Å². The van der Waals surface area contributed by atoms with E-state index in [1.54, 1.807) is 0 Å². The summed E-state index contributed by atoms with van der Waals surface area (Å²) in [6.07, 6.45) is 3.88. The molecule has 0 unspecified atom stereocenters. The fourth-order valence-electron chi connectivity index (χ4n) is 2.21. The quantitative estimate of drug-likeness (QED) is 0.894. The summed E-state index contributed by atoms with van der Waals surface area (Å²) in [5.74, 6) is 0. The second-order valence-electron chi connectivity index (χ2n) is 4.92. The van der Waals surface area contributed by atoms with Crippen LogP contribution in [0.5, 0.6) is 0 Å². The minimum Gasteiger partial charge on any atom is -0.369 e. The Labute approximate surface area is 112 Å². The van der Waals surface area contributed by atoms with Crippen molar-refractivity contribution in [2.75, 3.05) is 11.4 Å². The zero-order valence-electron chi connectivity index (χ0n) is 10.6. The molecule has 0 saturated heterocycles. The van der Waals surface area contributed by atoms with Crippen LogP contribution in [0, 0.1) is 0 Å². The van der Waals surface area contributed by atoms with Crippen molar-refractivity contribution in [3.05, 3.63) is 28.2 Å². The van der Waals surface area contributed by atoms with E-state index >= 15 is 0 Å². The Morgan fingerprint density at radius 2 is 2.18 bits per heavy atom. The van der Waals surface area contributed by atoms with Crippen molar-refractivity contribution in [3.8, 4) is 0 Å². The van der Waals surface area contributed by atoms with Crippen molar-refractivity contribution < 1.29 is 0 Å². The number of nitrogens with two attached hydrogens (primary N) is 1. The second kappa shape index (κ2) is 5.40. The third kappa shape index (κ3) is 3.02. The smallest absolute Gasteiger partial charge is 0.0380 e. The molecule has 1 aliphatic rings. The van der Waals surface area contributed by atoms with Crippen molar-refractivity contribution in [1.82, 2.24) is 0 Å². The van der Waals surface area contributed by atoms with Gasteiger partial charge in [0.25, 0.3) is 0 Å². The molecule has 2 rings (SSSR count). The highest BCUT2D eigenvalue weighted by molar-refractivity contribution is 9.10. The van der Waals surface area contributed by atoms with E-state index in [1.165, 1.54) is 30.5 Å². The lowest BCUT2D eigenvalue weighted by Crippen LogP contribution is -2.26. The number of hydrogen-bond acceptors (Lipinski definition) is 2. The number of benzene rings is 1. The molecule has 1 aromatic carbocycles. The van der Waals surface area contributed by atoms with Gasteiger partial charge in [0.15, 0.2) is 0 Å². The van der Waals surface area contributed by atoms with E-state index in [-0.39, 0.29) is 6.04 Å². The van der Waals surface area contributed by atoms with E-state index in [4.69, 9.17) is 5.73 Å². The summed E-state index contributed by atoms with van der Waals surface area (Å²) in [6, 6.07) is 7.42. The van der Waals surface area contributed by atoms with Crippen molar-refractivity contribution >= 4 is 21.6 Å². The molecule has 0 heterocycles. The molecule has 2 N–H and O–H groups in total. The number of halogens is 1. The van der Waals surface area contributed by atoms with Crippen LogP contribution in [0.25, 0.3) is 0 Å². The van der Waals surface area contributed by atoms with Gasteiger partial charge in [-0.1, -0.05) is 28.9 Å². The van der Waals surface area contributed by atoms with E-state index in [2.05, 4.69) is 46.0 Å². The molecule has 1 aliphatic carbocycles. The van der Waals surface area contributed by atoms with E-state index in [0.29, 0.717) is 0 Å². The molecular weight excluding hydrogens is 276 g/mol. The third-order valence-corrected chi connectivity index (χ3v) is 3.95. The summed E-state index contributed by atoms with van der Waals surface area (Å²) in [7, 11) is 0. The van der Waals surface area contributed by atoms with E-state index in [9.17, 15) is 0 Å². The molecule has 0 aliphatic heterocycles. The fourth-order valence-corrected chi connectivity index (χ4v) is 2.94. The Kier molecular flexibility index (Phi) is 4.10. The summed E-state index contributed by atoms with van der Waals surface area (Å²) in [4.78, 5) is 2.52. The first-order valence-corrected chi connectivity index (χ1v) is 7.24. The second-order valence-corrected chi connectivity index (χ2v) is 5.77. The Bertz CT molecular complexity index is 386. The Morgan fingerprint density at radius 1 is 1.47 bits per heavy atom. The van der Waals surface area contributed by atoms with Crippen LogP contribution in [0.1, 0.15) is 44.7 Å². The van der Waals surface area contributed by atoms with Gasteiger partial charge in [-0.05, 0) is 43.9 Å². The first-order valence-electron chi connectivity index (χ1n) is 6.45. The molecule has 1 aromatic rings. The number of anilines is 1. The topological polar surface area (TPSA) is 29.3 Å². The Hall–Kier alpha value is -0.540. The normalized spacial score (nSPS) is 16.9. The zero-order chi connectivity index (χ0) is 12.4. The summed E-state index contributed by atoms with van der Waals surface area (Å²) >= 11 is 3.63. The van der Waals surface area contributed by atoms with Crippen molar-refractivity contribution in [2.24, 2.45) is 5.73 Å². The average molecular weight is 297 g/mol. The van der Waals surface area contributed by atoms with Gasteiger partial charge in [-0.25, -0.2) is 0 Å². The molecular formula is C14H21BrN2. The highest BCUT2D eigenvalue weighted by Gasteiger charge is 2.28. The van der Waals surface area contributed by atoms with Gasteiger partial charge in [0, 0.05) is 28.8 Å². The first kappa shape index (κ1) is 12.9. The van der Waals surface area contributed by atoms with Crippen LogP contribution in [-0.4, -0.2) is 12.6 Å². The number of rotatable bonds is 5. The molecule has 3 heteroatoms. The summed E-state index contributed by atoms with van der Waals surface area (Å²) < 4.78 is 1.13. The lowest BCUT2D eigenvalue weighted by Gasteiger charge is -2.25. The Balaban J connectivity index is 2.22. The van der Waals surface area contributed by atoms with Crippen LogP contribution in [0.15, 0.2) is 22.7 Å². The van der Waals surface area contributed by atoms with Crippen LogP contribution in [0.3, 0.4) is 0 Å². The van der Waals surface area contributed by atoms with Gasteiger partial charge in [0.2, 0.25) is 0 Å². The lowest BCUT2D eigenvalue weighted by atomic mass is 10.1. The maximum Gasteiger partial charge on any atom is 0.0380 e. The molecule has 94 valence electrons. The standard InChI is InChI=1S/C14H21BrN2/c1-3-8-17(11-4-5-11)12-6-7-13(10(2)16)14(15)9-12/h6-7,9-11H,3-5,8,16H2,1-2H3/t10-/m1/s1. The van der Waals surface area contributed by atoms with Gasteiger partial charge in [-0.3, -0.25) is 0 Å². The molecule has 0 spiro atoms. The van der Waals surface area contributed by atoms with Crippen molar-refractivity contribution in [3.63, 3.8) is 0 Å². The lowest BCUT2D eigenvalue weighted by molar-refractivity contribution is 0.760. The van der Waals surface area contributed by atoms with Gasteiger partial charge >= 0.3 is 0 Å². The predicted octanol–water partition coefficient (Wildman–Crippen LogP) is 3.85. The highest BCUT2D eigenvalue weighted by atomic mass is 79.9. The Morgan fingerprint density at radius 3 is 2.65 bits per heavy atom. The minimum atomic E-state index is 0.0824. The summed E-state index contributed by atoms with van der Waals surface area (Å²) in [5, 5.41) is 0. The molecule has 0 amide bonds. The molecule has 1 saturated carbocycles. The van der Waals surface area contributed by atoms with E-state index in [1.807, 2.05) is 6.92 Å². The highest BCUT2D eigenvalue weighted by Crippen LogP contribution is 2.34. The minimum absolute atomic E-state index is 0.0824. The molecule has 17 heavy (non-hydrogen) atoms. The van der Waals surface area contributed by atoms with Crippen LogP contribution in [0.4, 0.5) is 5.69 Å². The van der Waals surface area contributed by atoms with Gasteiger partial charge in [-0.2, -0.15) is 0 Å². The maximum atomic E-state index is 5.93. The SMILES string of the molecule is CCCN(c1ccc([C@@H](C)N)c(Br)c1)C1CC1. The number of nitrogens with zero attached hydrogens (tertiary/aromatic N) is 1. The predicted molar refractivity (Wildman–Crippen MR) is 77.4 cm³/mol. The molecule has 0 bridgehead atoms. The third-order valence-electron chi connectivity index (χ3n) is 3.26. The van der Waals surface area contributed by atoms with Crippen LogP contribution < -0.4 is 10.6 Å². The maximum absolute atomic E-state index is 5.93. The van der Waals surface area contributed by atoms with E-state index < -0.39 is 0 Å². The largest absolute Gasteiger partial charge is 0.369 e. The molecule has 1 fully saturated rings. The summed E-state index contributed by atoms with van der Waals surface area (Å²) in [6.45, 7) is 5.40.